The number of quaternary nitrogens is 1. The summed E-state index contributed by atoms with van der Waals surface area (Å²) in [5.41, 5.74) is 0.193. The van der Waals surface area contributed by atoms with Crippen molar-refractivity contribution in [3.63, 3.8) is 0 Å². The van der Waals surface area contributed by atoms with Crippen LogP contribution in [0.15, 0.2) is 0 Å². The fourth-order valence-corrected chi connectivity index (χ4v) is 2.44. The molecule has 0 aromatic heterocycles. The molecule has 0 radical (unpaired) electrons. The fourth-order valence-electron chi connectivity index (χ4n) is 2.44. The van der Waals surface area contributed by atoms with E-state index in [0.717, 1.165) is 32.1 Å². The summed E-state index contributed by atoms with van der Waals surface area (Å²) in [6.07, 6.45) is 4.57. The summed E-state index contributed by atoms with van der Waals surface area (Å²) < 4.78 is 12.0. The van der Waals surface area contributed by atoms with Crippen LogP contribution in [-0.4, -0.2) is 32.1 Å². The van der Waals surface area contributed by atoms with Crippen LogP contribution in [0.2, 0.25) is 0 Å². The molecule has 3 nitrogen and oxygen atoms in total. The minimum atomic E-state index is -0.227. The molecule has 1 heterocycles. The van der Waals surface area contributed by atoms with Gasteiger partial charge in [-0.1, -0.05) is 13.8 Å². The summed E-state index contributed by atoms with van der Waals surface area (Å²) in [5.74, 6) is -0.227. The lowest BCUT2D eigenvalue weighted by Crippen LogP contribution is -2.86. The van der Waals surface area contributed by atoms with Gasteiger partial charge in [0.05, 0.1) is 26.3 Å². The van der Waals surface area contributed by atoms with Crippen LogP contribution in [0.4, 0.5) is 0 Å². The van der Waals surface area contributed by atoms with Crippen LogP contribution in [0, 0.1) is 5.41 Å². The van der Waals surface area contributed by atoms with Gasteiger partial charge in [-0.3, -0.25) is 0 Å². The molecule has 0 amide bonds. The van der Waals surface area contributed by atoms with Crippen LogP contribution in [-0.2, 0) is 9.47 Å². The second kappa shape index (κ2) is 4.04. The van der Waals surface area contributed by atoms with Crippen molar-refractivity contribution in [2.75, 3.05) is 20.3 Å². The molecule has 88 valence electrons. The molecule has 0 aromatic rings. The van der Waals surface area contributed by atoms with Gasteiger partial charge in [0.15, 0.2) is 5.79 Å². The number of nitrogens with two attached hydrogens (primary N) is 1. The number of ether oxygens (including phenoxy) is 2. The van der Waals surface area contributed by atoms with Gasteiger partial charge in [-0.15, -0.1) is 0 Å². The minimum Gasteiger partial charge on any atom is -0.349 e. The molecule has 15 heavy (non-hydrogen) atoms. The highest BCUT2D eigenvalue weighted by molar-refractivity contribution is 4.84. The second-order valence-electron chi connectivity index (χ2n) is 5.82. The van der Waals surface area contributed by atoms with Gasteiger partial charge in [-0.25, -0.2) is 0 Å². The Labute approximate surface area is 92.5 Å². The highest BCUT2D eigenvalue weighted by atomic mass is 16.7. The van der Waals surface area contributed by atoms with Crippen molar-refractivity contribution in [3.8, 4) is 0 Å². The third-order valence-electron chi connectivity index (χ3n) is 3.72. The molecule has 2 aliphatic rings. The monoisotopic (exact) mass is 214 g/mol. The molecular weight excluding hydrogens is 190 g/mol. The van der Waals surface area contributed by atoms with Crippen LogP contribution in [0.3, 0.4) is 0 Å². The van der Waals surface area contributed by atoms with Crippen LogP contribution < -0.4 is 5.32 Å². The normalized spacial score (nSPS) is 30.6. The summed E-state index contributed by atoms with van der Waals surface area (Å²) in [5, 5.41) is 2.32. The van der Waals surface area contributed by atoms with E-state index in [0.29, 0.717) is 0 Å². The Kier molecular flexibility index (Phi) is 3.06. The van der Waals surface area contributed by atoms with Crippen molar-refractivity contribution in [2.24, 2.45) is 5.41 Å². The SMILES string of the molecule is C[NH2+]C1CCC2(CC1)OCC(C)(C)CO2. The van der Waals surface area contributed by atoms with Crippen LogP contribution in [0.25, 0.3) is 0 Å². The van der Waals surface area contributed by atoms with E-state index in [1.807, 2.05) is 0 Å². The first kappa shape index (κ1) is 11.4. The largest absolute Gasteiger partial charge is 0.349 e. The molecule has 2 fully saturated rings. The van der Waals surface area contributed by atoms with Gasteiger partial charge in [0, 0.05) is 31.1 Å². The first-order valence-electron chi connectivity index (χ1n) is 6.13. The van der Waals surface area contributed by atoms with Gasteiger partial charge in [-0.2, -0.15) is 0 Å². The van der Waals surface area contributed by atoms with E-state index in [1.165, 1.54) is 12.8 Å². The first-order chi connectivity index (χ1) is 7.05. The molecule has 1 saturated carbocycles. The molecule has 0 atom stereocenters. The number of rotatable bonds is 1. The predicted octanol–water partition coefficient (Wildman–Crippen LogP) is 0.891. The summed E-state index contributed by atoms with van der Waals surface area (Å²) in [6, 6.07) is 0.776. The van der Waals surface area contributed by atoms with Crippen LogP contribution in [0.5, 0.6) is 0 Å². The van der Waals surface area contributed by atoms with Crippen LogP contribution in [0.1, 0.15) is 39.5 Å². The molecule has 2 N–H and O–H groups in total. The van der Waals surface area contributed by atoms with E-state index in [2.05, 4.69) is 26.2 Å². The summed E-state index contributed by atoms with van der Waals surface area (Å²) in [4.78, 5) is 0. The van der Waals surface area contributed by atoms with E-state index in [-0.39, 0.29) is 11.2 Å². The van der Waals surface area contributed by atoms with Gasteiger partial charge < -0.3 is 14.8 Å². The summed E-state index contributed by atoms with van der Waals surface area (Å²) in [7, 11) is 2.16. The van der Waals surface area contributed by atoms with Crippen molar-refractivity contribution in [2.45, 2.75) is 51.4 Å². The van der Waals surface area contributed by atoms with Crippen molar-refractivity contribution in [1.29, 1.82) is 0 Å². The first-order valence-corrected chi connectivity index (χ1v) is 6.13. The van der Waals surface area contributed by atoms with Crippen LogP contribution >= 0.6 is 0 Å². The highest BCUT2D eigenvalue weighted by Gasteiger charge is 2.43. The van der Waals surface area contributed by atoms with Crippen molar-refractivity contribution < 1.29 is 14.8 Å². The molecule has 2 rings (SSSR count). The zero-order valence-electron chi connectivity index (χ0n) is 10.2. The highest BCUT2D eigenvalue weighted by Crippen LogP contribution is 2.38. The van der Waals surface area contributed by atoms with Crippen molar-refractivity contribution >= 4 is 0 Å². The van der Waals surface area contributed by atoms with Gasteiger partial charge in [0.1, 0.15) is 0 Å². The Bertz CT molecular complexity index is 208. The van der Waals surface area contributed by atoms with Crippen molar-refractivity contribution in [1.82, 2.24) is 0 Å². The van der Waals surface area contributed by atoms with Gasteiger partial charge in [0.25, 0.3) is 0 Å². The second-order valence-corrected chi connectivity index (χ2v) is 5.82. The molecule has 1 aliphatic carbocycles. The van der Waals surface area contributed by atoms with E-state index < -0.39 is 0 Å². The molecule has 1 saturated heterocycles. The Hall–Kier alpha value is -0.120. The Morgan fingerprint density at radius 1 is 1.07 bits per heavy atom. The maximum absolute atomic E-state index is 5.98. The molecule has 0 bridgehead atoms. The number of hydrogen-bond acceptors (Lipinski definition) is 2. The lowest BCUT2D eigenvalue weighted by Gasteiger charge is -2.46. The Morgan fingerprint density at radius 2 is 1.60 bits per heavy atom. The summed E-state index contributed by atoms with van der Waals surface area (Å²) >= 11 is 0. The van der Waals surface area contributed by atoms with E-state index in [1.54, 1.807) is 0 Å². The van der Waals surface area contributed by atoms with Gasteiger partial charge >= 0.3 is 0 Å². The molecule has 3 heteroatoms. The fraction of sp³-hybridized carbons (Fsp3) is 1.00. The zero-order valence-corrected chi connectivity index (χ0v) is 10.2. The molecule has 1 spiro atoms. The molecule has 0 aromatic carbocycles. The third-order valence-corrected chi connectivity index (χ3v) is 3.72. The average Bonchev–Trinajstić information content (AvgIpc) is 2.24. The average molecular weight is 214 g/mol. The van der Waals surface area contributed by atoms with E-state index >= 15 is 0 Å². The standard InChI is InChI=1S/C12H23NO2/c1-11(2)8-14-12(15-9-11)6-4-10(13-3)5-7-12/h10,13H,4-9H2,1-3H3/p+1. The maximum Gasteiger partial charge on any atom is 0.168 e. The van der Waals surface area contributed by atoms with E-state index in [9.17, 15) is 0 Å². The summed E-state index contributed by atoms with van der Waals surface area (Å²) in [6.45, 7) is 6.08. The Balaban J connectivity index is 1.89. The quantitative estimate of drug-likeness (QED) is 0.703. The van der Waals surface area contributed by atoms with Gasteiger partial charge in [-0.05, 0) is 0 Å². The maximum atomic E-state index is 5.98. The van der Waals surface area contributed by atoms with E-state index in [4.69, 9.17) is 9.47 Å². The molecular formula is C12H24NO2+. The predicted molar refractivity (Wildman–Crippen MR) is 58.5 cm³/mol. The lowest BCUT2D eigenvalue weighted by molar-refractivity contribution is -0.668. The molecule has 0 unspecified atom stereocenters. The lowest BCUT2D eigenvalue weighted by atomic mass is 9.87. The third kappa shape index (κ3) is 2.52. The minimum absolute atomic E-state index is 0.193. The Morgan fingerprint density at radius 3 is 2.07 bits per heavy atom. The number of hydrogen-bond donors (Lipinski definition) is 1. The van der Waals surface area contributed by atoms with Crippen molar-refractivity contribution in [3.05, 3.63) is 0 Å². The zero-order chi connectivity index (χ0) is 10.9. The smallest absolute Gasteiger partial charge is 0.168 e. The molecule has 1 aliphatic heterocycles. The van der Waals surface area contributed by atoms with Gasteiger partial charge in [0.2, 0.25) is 0 Å². The topological polar surface area (TPSA) is 35.1 Å².